The molecule has 32 heavy (non-hydrogen) atoms. The van der Waals surface area contributed by atoms with Gasteiger partial charge in [-0.05, 0) is 40.8 Å². The van der Waals surface area contributed by atoms with Gasteiger partial charge in [-0.25, -0.2) is 0 Å². The number of fused-ring (bicyclic) bond motifs is 1. The van der Waals surface area contributed by atoms with Gasteiger partial charge in [-0.2, -0.15) is 0 Å². The number of pyridine rings is 1. The SMILES string of the molecule is CCc1c(C(=O)C(N)=O)c2c(OCO)cccn2c1Cc1ccccc1-c1ccccc1. The molecule has 4 aromatic rings. The molecule has 0 bridgehead atoms. The first-order valence-corrected chi connectivity index (χ1v) is 10.4. The minimum atomic E-state index is -1.03. The van der Waals surface area contributed by atoms with Crippen LogP contribution < -0.4 is 10.5 Å². The summed E-state index contributed by atoms with van der Waals surface area (Å²) in [5, 5.41) is 9.34. The fraction of sp³-hybridized carbons (Fsp3) is 0.154. The van der Waals surface area contributed by atoms with Crippen molar-refractivity contribution in [2.75, 3.05) is 6.79 Å². The van der Waals surface area contributed by atoms with E-state index in [9.17, 15) is 14.7 Å². The number of benzene rings is 2. The molecule has 0 fully saturated rings. The van der Waals surface area contributed by atoms with Crippen molar-refractivity contribution in [2.45, 2.75) is 19.8 Å². The fourth-order valence-corrected chi connectivity index (χ4v) is 4.27. The molecule has 2 heterocycles. The molecule has 0 spiro atoms. The highest BCUT2D eigenvalue weighted by molar-refractivity contribution is 6.44. The average Bonchev–Trinajstić information content (AvgIpc) is 3.13. The molecule has 0 aliphatic carbocycles. The fourth-order valence-electron chi connectivity index (χ4n) is 4.27. The lowest BCUT2D eigenvalue weighted by molar-refractivity contribution is -0.114. The molecule has 6 heteroatoms. The summed E-state index contributed by atoms with van der Waals surface area (Å²) in [4.78, 5) is 24.7. The Morgan fingerprint density at radius 3 is 2.41 bits per heavy atom. The number of hydrogen-bond donors (Lipinski definition) is 2. The van der Waals surface area contributed by atoms with Crippen LogP contribution in [0.2, 0.25) is 0 Å². The Morgan fingerprint density at radius 1 is 1.00 bits per heavy atom. The van der Waals surface area contributed by atoms with Crippen molar-refractivity contribution in [1.82, 2.24) is 4.40 Å². The van der Waals surface area contributed by atoms with Crippen molar-refractivity contribution < 1.29 is 19.4 Å². The summed E-state index contributed by atoms with van der Waals surface area (Å²) in [6, 6.07) is 21.6. The molecule has 3 N–H and O–H groups in total. The second-order valence-electron chi connectivity index (χ2n) is 7.41. The van der Waals surface area contributed by atoms with E-state index in [1.165, 1.54) is 0 Å². The highest BCUT2D eigenvalue weighted by atomic mass is 16.6. The highest BCUT2D eigenvalue weighted by Gasteiger charge is 2.28. The topological polar surface area (TPSA) is 94.0 Å². The number of carbonyl (C=O) groups excluding carboxylic acids is 2. The smallest absolute Gasteiger partial charge is 0.289 e. The largest absolute Gasteiger partial charge is 0.466 e. The van der Waals surface area contributed by atoms with Crippen LogP contribution in [-0.2, 0) is 17.6 Å². The lowest BCUT2D eigenvalue weighted by atomic mass is 9.94. The minimum absolute atomic E-state index is 0.233. The van der Waals surface area contributed by atoms with Gasteiger partial charge in [0.05, 0.1) is 11.1 Å². The number of aliphatic hydroxyl groups is 1. The van der Waals surface area contributed by atoms with Crippen LogP contribution in [0.25, 0.3) is 16.6 Å². The van der Waals surface area contributed by atoms with Crippen LogP contribution in [-0.4, -0.2) is 28.0 Å². The predicted octanol–water partition coefficient (Wildman–Crippen LogP) is 3.76. The third-order valence-corrected chi connectivity index (χ3v) is 5.62. The Hall–Kier alpha value is -3.90. The number of nitrogens with two attached hydrogens (primary N) is 1. The number of nitrogens with zero attached hydrogens (tertiary/aromatic N) is 1. The molecule has 2 aromatic heterocycles. The minimum Gasteiger partial charge on any atom is -0.466 e. The summed E-state index contributed by atoms with van der Waals surface area (Å²) < 4.78 is 7.24. The van der Waals surface area contributed by atoms with E-state index < -0.39 is 18.5 Å². The Bertz CT molecular complexity index is 1290. The summed E-state index contributed by atoms with van der Waals surface area (Å²) in [6.07, 6.45) is 2.89. The molecule has 0 atom stereocenters. The number of aromatic nitrogens is 1. The maximum absolute atomic E-state index is 12.8. The zero-order valence-corrected chi connectivity index (χ0v) is 17.7. The van der Waals surface area contributed by atoms with Crippen molar-refractivity contribution in [3.63, 3.8) is 0 Å². The van der Waals surface area contributed by atoms with Crippen molar-refractivity contribution in [3.8, 4) is 16.9 Å². The van der Waals surface area contributed by atoms with E-state index >= 15 is 0 Å². The monoisotopic (exact) mass is 428 g/mol. The second kappa shape index (κ2) is 9.08. The van der Waals surface area contributed by atoms with E-state index in [4.69, 9.17) is 10.5 Å². The quantitative estimate of drug-likeness (QED) is 0.254. The number of primary amides is 1. The zero-order chi connectivity index (χ0) is 22.7. The van der Waals surface area contributed by atoms with Gasteiger partial charge in [-0.1, -0.05) is 61.5 Å². The Morgan fingerprint density at radius 2 is 1.72 bits per heavy atom. The molecular formula is C26H24N2O4. The molecule has 0 unspecified atom stereocenters. The zero-order valence-electron chi connectivity index (χ0n) is 17.7. The van der Waals surface area contributed by atoms with Gasteiger partial charge in [0.15, 0.2) is 6.79 Å². The van der Waals surface area contributed by atoms with E-state index in [-0.39, 0.29) is 5.56 Å². The van der Waals surface area contributed by atoms with E-state index in [1.807, 2.05) is 47.9 Å². The number of ketones is 1. The molecule has 6 nitrogen and oxygen atoms in total. The number of rotatable bonds is 8. The Balaban J connectivity index is 1.96. The molecule has 1 amide bonds. The number of amides is 1. The first kappa shape index (κ1) is 21.3. The number of hydrogen-bond acceptors (Lipinski definition) is 4. The van der Waals surface area contributed by atoms with Crippen molar-refractivity contribution in [2.24, 2.45) is 5.73 Å². The molecule has 0 aliphatic heterocycles. The summed E-state index contributed by atoms with van der Waals surface area (Å²) >= 11 is 0. The van der Waals surface area contributed by atoms with Crippen molar-refractivity contribution >= 4 is 17.2 Å². The van der Waals surface area contributed by atoms with Gasteiger partial charge in [-0.15, -0.1) is 0 Å². The molecule has 0 aliphatic rings. The normalized spacial score (nSPS) is 10.9. The molecule has 4 rings (SSSR count). The molecule has 2 aromatic carbocycles. The number of carbonyl (C=O) groups is 2. The van der Waals surface area contributed by atoms with Crippen molar-refractivity contribution in [3.05, 3.63) is 95.3 Å². The van der Waals surface area contributed by atoms with Gasteiger partial charge < -0.3 is 20.0 Å². The van der Waals surface area contributed by atoms with E-state index in [0.29, 0.717) is 24.1 Å². The summed E-state index contributed by atoms with van der Waals surface area (Å²) in [5.41, 5.74) is 10.9. The maximum Gasteiger partial charge on any atom is 0.289 e. The van der Waals surface area contributed by atoms with Crippen LogP contribution in [0.15, 0.2) is 72.9 Å². The maximum atomic E-state index is 12.8. The van der Waals surface area contributed by atoms with Crippen LogP contribution >= 0.6 is 0 Å². The first-order valence-electron chi connectivity index (χ1n) is 10.4. The van der Waals surface area contributed by atoms with Gasteiger partial charge in [0, 0.05) is 18.3 Å². The lowest BCUT2D eigenvalue weighted by Crippen LogP contribution is -2.24. The van der Waals surface area contributed by atoms with Crippen LogP contribution in [0, 0.1) is 0 Å². The molecule has 0 saturated heterocycles. The highest BCUT2D eigenvalue weighted by Crippen LogP contribution is 2.34. The van der Waals surface area contributed by atoms with Gasteiger partial charge >= 0.3 is 0 Å². The van der Waals surface area contributed by atoms with E-state index in [1.54, 1.807) is 12.1 Å². The van der Waals surface area contributed by atoms with Crippen LogP contribution in [0.1, 0.15) is 34.1 Å². The predicted molar refractivity (Wildman–Crippen MR) is 123 cm³/mol. The van der Waals surface area contributed by atoms with Gasteiger partial charge in [0.1, 0.15) is 5.75 Å². The summed E-state index contributed by atoms with van der Waals surface area (Å²) in [6.45, 7) is 1.38. The summed E-state index contributed by atoms with van der Waals surface area (Å²) in [7, 11) is 0. The molecule has 162 valence electrons. The van der Waals surface area contributed by atoms with Gasteiger partial charge in [0.2, 0.25) is 0 Å². The third-order valence-electron chi connectivity index (χ3n) is 5.62. The number of ether oxygens (including phenoxy) is 1. The summed E-state index contributed by atoms with van der Waals surface area (Å²) in [5.74, 6) is -1.48. The molecule has 0 saturated carbocycles. The number of aliphatic hydroxyl groups excluding tert-OH is 1. The van der Waals surface area contributed by atoms with Gasteiger partial charge in [-0.3, -0.25) is 9.59 Å². The third kappa shape index (κ3) is 3.76. The standard InChI is InChI=1S/C26H24N2O4/c1-2-19-21(15-18-11-6-7-12-20(18)17-9-4-3-5-10-17)28-14-8-13-22(32-16-29)24(28)23(19)25(30)26(27)31/h3-14,29H,2,15-16H2,1H3,(H2,27,31). The van der Waals surface area contributed by atoms with Gasteiger partial charge in [0.25, 0.3) is 11.7 Å². The Kier molecular flexibility index (Phi) is 6.05. The lowest BCUT2D eigenvalue weighted by Gasteiger charge is -2.12. The van der Waals surface area contributed by atoms with E-state index in [2.05, 4.69) is 24.3 Å². The van der Waals surface area contributed by atoms with Crippen LogP contribution in [0.3, 0.4) is 0 Å². The molecular weight excluding hydrogens is 404 g/mol. The molecule has 0 radical (unpaired) electrons. The second-order valence-corrected chi connectivity index (χ2v) is 7.41. The van der Waals surface area contributed by atoms with Crippen LogP contribution in [0.5, 0.6) is 5.75 Å². The average molecular weight is 428 g/mol. The van der Waals surface area contributed by atoms with E-state index in [0.717, 1.165) is 27.9 Å². The van der Waals surface area contributed by atoms with Crippen LogP contribution in [0.4, 0.5) is 0 Å². The van der Waals surface area contributed by atoms with Crippen molar-refractivity contribution in [1.29, 1.82) is 0 Å². The first-order chi connectivity index (χ1) is 15.6. The Labute approximate surface area is 185 Å². The number of Topliss-reactive ketones (excluding diaryl/α,β-unsaturated/α-hetero) is 1.